The molecule has 0 amide bonds. The van der Waals surface area contributed by atoms with Crippen molar-refractivity contribution in [2.75, 3.05) is 30.0 Å². The smallest absolute Gasteiger partial charge is 0.0569 e. The number of benzene rings is 1. The van der Waals surface area contributed by atoms with Gasteiger partial charge in [0.2, 0.25) is 0 Å². The van der Waals surface area contributed by atoms with Crippen LogP contribution in [0.1, 0.15) is 19.3 Å². The van der Waals surface area contributed by atoms with Crippen LogP contribution in [0, 0.1) is 0 Å². The zero-order valence-electron chi connectivity index (χ0n) is 8.87. The van der Waals surface area contributed by atoms with Gasteiger partial charge in [-0.3, -0.25) is 0 Å². The highest BCUT2D eigenvalue weighted by molar-refractivity contribution is 5.69. The summed E-state index contributed by atoms with van der Waals surface area (Å²) in [6, 6.07) is 5.67. The molecular formula is C11H18N4. The lowest BCUT2D eigenvalue weighted by Gasteiger charge is -2.28. The number of nitrogens with zero attached hydrogens (tertiary/aromatic N) is 1. The largest absolute Gasteiger partial charge is 0.397 e. The van der Waals surface area contributed by atoms with E-state index in [2.05, 4.69) is 10.4 Å². The molecule has 0 aromatic heterocycles. The molecule has 1 fully saturated rings. The fourth-order valence-corrected chi connectivity index (χ4v) is 1.83. The summed E-state index contributed by atoms with van der Waals surface area (Å²) in [4.78, 5) is 0. The number of hydrogen-bond donors (Lipinski definition) is 3. The number of hydrogen-bond acceptors (Lipinski definition) is 4. The van der Waals surface area contributed by atoms with Crippen molar-refractivity contribution in [3.63, 3.8) is 0 Å². The SMILES string of the molecule is Nc1ccc(NN2CCCCC2)cc1N. The molecule has 0 spiro atoms. The van der Waals surface area contributed by atoms with Gasteiger partial charge in [-0.2, -0.15) is 0 Å². The summed E-state index contributed by atoms with van der Waals surface area (Å²) in [5, 5.41) is 2.23. The zero-order chi connectivity index (χ0) is 10.7. The average molecular weight is 206 g/mol. The van der Waals surface area contributed by atoms with Gasteiger partial charge in [0.15, 0.2) is 0 Å². The van der Waals surface area contributed by atoms with Crippen LogP contribution >= 0.6 is 0 Å². The molecular weight excluding hydrogens is 188 g/mol. The second-order valence-electron chi connectivity index (χ2n) is 4.00. The van der Waals surface area contributed by atoms with E-state index in [4.69, 9.17) is 11.5 Å². The molecule has 1 saturated heterocycles. The molecule has 82 valence electrons. The van der Waals surface area contributed by atoms with E-state index in [1.165, 1.54) is 19.3 Å². The van der Waals surface area contributed by atoms with E-state index in [0.717, 1.165) is 18.8 Å². The van der Waals surface area contributed by atoms with E-state index in [1.54, 1.807) is 0 Å². The van der Waals surface area contributed by atoms with Crippen LogP contribution in [0.5, 0.6) is 0 Å². The highest BCUT2D eigenvalue weighted by Crippen LogP contribution is 2.20. The van der Waals surface area contributed by atoms with Crippen LogP contribution in [0.2, 0.25) is 0 Å². The summed E-state index contributed by atoms with van der Waals surface area (Å²) < 4.78 is 0. The standard InChI is InChI=1S/C11H18N4/c12-10-5-4-9(8-11(10)13)14-15-6-2-1-3-7-15/h4-5,8,14H,1-3,6-7,12-13H2. The maximum atomic E-state index is 5.74. The Morgan fingerprint density at radius 1 is 1.00 bits per heavy atom. The molecule has 15 heavy (non-hydrogen) atoms. The van der Waals surface area contributed by atoms with Gasteiger partial charge in [-0.1, -0.05) is 6.42 Å². The van der Waals surface area contributed by atoms with Crippen molar-refractivity contribution in [2.24, 2.45) is 0 Å². The first kappa shape index (κ1) is 10.1. The molecule has 0 saturated carbocycles. The maximum Gasteiger partial charge on any atom is 0.0569 e. The molecule has 4 heteroatoms. The summed E-state index contributed by atoms with van der Waals surface area (Å²) >= 11 is 0. The van der Waals surface area contributed by atoms with Gasteiger partial charge in [-0.15, -0.1) is 0 Å². The Labute approximate surface area is 90.2 Å². The van der Waals surface area contributed by atoms with Gasteiger partial charge in [0.05, 0.1) is 17.1 Å². The van der Waals surface area contributed by atoms with Gasteiger partial charge < -0.3 is 16.9 Å². The number of nitrogen functional groups attached to an aromatic ring is 2. The van der Waals surface area contributed by atoms with Gasteiger partial charge >= 0.3 is 0 Å². The van der Waals surface area contributed by atoms with Gasteiger partial charge in [0.1, 0.15) is 0 Å². The van der Waals surface area contributed by atoms with Crippen LogP contribution in [0.4, 0.5) is 17.1 Å². The number of hydrazine groups is 1. The molecule has 0 unspecified atom stereocenters. The minimum atomic E-state index is 0.636. The Kier molecular flexibility index (Phi) is 2.97. The van der Waals surface area contributed by atoms with Crippen LogP contribution < -0.4 is 16.9 Å². The van der Waals surface area contributed by atoms with Crippen LogP contribution in [-0.2, 0) is 0 Å². The minimum Gasteiger partial charge on any atom is -0.397 e. The van der Waals surface area contributed by atoms with Crippen LogP contribution in [0.15, 0.2) is 18.2 Å². The van der Waals surface area contributed by atoms with Crippen molar-refractivity contribution < 1.29 is 0 Å². The number of piperidine rings is 1. The predicted molar refractivity (Wildman–Crippen MR) is 64.3 cm³/mol. The molecule has 0 aliphatic carbocycles. The third-order valence-corrected chi connectivity index (χ3v) is 2.73. The Bertz CT molecular complexity index is 331. The van der Waals surface area contributed by atoms with Gasteiger partial charge in [-0.05, 0) is 31.0 Å². The fourth-order valence-electron chi connectivity index (χ4n) is 1.83. The second kappa shape index (κ2) is 4.40. The second-order valence-corrected chi connectivity index (χ2v) is 4.00. The van der Waals surface area contributed by atoms with E-state index >= 15 is 0 Å². The van der Waals surface area contributed by atoms with E-state index < -0.39 is 0 Å². The number of rotatable bonds is 2. The molecule has 1 aromatic carbocycles. The monoisotopic (exact) mass is 206 g/mol. The summed E-state index contributed by atoms with van der Waals surface area (Å²) in [6.45, 7) is 2.20. The molecule has 1 heterocycles. The molecule has 1 aliphatic heterocycles. The minimum absolute atomic E-state index is 0.636. The molecule has 2 rings (SSSR count). The number of nitrogens with one attached hydrogen (secondary N) is 1. The molecule has 5 N–H and O–H groups in total. The molecule has 4 nitrogen and oxygen atoms in total. The average Bonchev–Trinajstić information content (AvgIpc) is 2.25. The highest BCUT2D eigenvalue weighted by Gasteiger charge is 2.09. The van der Waals surface area contributed by atoms with Crippen LogP contribution in [0.3, 0.4) is 0 Å². The third-order valence-electron chi connectivity index (χ3n) is 2.73. The Morgan fingerprint density at radius 3 is 2.40 bits per heavy atom. The Hall–Kier alpha value is -1.42. The maximum absolute atomic E-state index is 5.74. The van der Waals surface area contributed by atoms with E-state index in [0.29, 0.717) is 11.4 Å². The lowest BCUT2D eigenvalue weighted by atomic mass is 10.2. The van der Waals surface area contributed by atoms with Crippen molar-refractivity contribution in [1.29, 1.82) is 0 Å². The molecule has 0 atom stereocenters. The normalized spacial score (nSPS) is 17.6. The van der Waals surface area contributed by atoms with E-state index in [1.807, 2.05) is 18.2 Å². The topological polar surface area (TPSA) is 67.3 Å². The fraction of sp³-hybridized carbons (Fsp3) is 0.455. The van der Waals surface area contributed by atoms with E-state index in [-0.39, 0.29) is 0 Å². The first-order chi connectivity index (χ1) is 7.25. The number of anilines is 3. The Morgan fingerprint density at radius 2 is 1.73 bits per heavy atom. The summed E-state index contributed by atoms with van der Waals surface area (Å²) in [5.41, 5.74) is 17.0. The van der Waals surface area contributed by atoms with Gasteiger partial charge in [-0.25, -0.2) is 5.01 Å². The van der Waals surface area contributed by atoms with Gasteiger partial charge in [0.25, 0.3) is 0 Å². The Balaban J connectivity index is 2.00. The number of nitrogens with two attached hydrogens (primary N) is 2. The first-order valence-electron chi connectivity index (χ1n) is 5.42. The van der Waals surface area contributed by atoms with Crippen LogP contribution in [0.25, 0.3) is 0 Å². The zero-order valence-corrected chi connectivity index (χ0v) is 8.87. The summed E-state index contributed by atoms with van der Waals surface area (Å²) in [5.74, 6) is 0. The van der Waals surface area contributed by atoms with Crippen molar-refractivity contribution in [3.05, 3.63) is 18.2 Å². The van der Waals surface area contributed by atoms with Gasteiger partial charge in [0, 0.05) is 13.1 Å². The molecule has 1 aromatic rings. The predicted octanol–water partition coefficient (Wildman–Crippen LogP) is 1.66. The van der Waals surface area contributed by atoms with Crippen molar-refractivity contribution >= 4 is 17.1 Å². The molecule has 1 aliphatic rings. The summed E-state index contributed by atoms with van der Waals surface area (Å²) in [7, 11) is 0. The lowest BCUT2D eigenvalue weighted by molar-refractivity contribution is 0.273. The highest BCUT2D eigenvalue weighted by atomic mass is 15.5. The quantitative estimate of drug-likeness (QED) is 0.644. The van der Waals surface area contributed by atoms with Crippen molar-refractivity contribution in [1.82, 2.24) is 5.01 Å². The first-order valence-corrected chi connectivity index (χ1v) is 5.42. The van der Waals surface area contributed by atoms with Crippen molar-refractivity contribution in [3.8, 4) is 0 Å². The van der Waals surface area contributed by atoms with Crippen molar-refractivity contribution in [2.45, 2.75) is 19.3 Å². The van der Waals surface area contributed by atoms with E-state index in [9.17, 15) is 0 Å². The van der Waals surface area contributed by atoms with Crippen LogP contribution in [-0.4, -0.2) is 18.1 Å². The molecule has 0 bridgehead atoms. The third kappa shape index (κ3) is 2.53. The molecule has 0 radical (unpaired) electrons. The summed E-state index contributed by atoms with van der Waals surface area (Å²) in [6.07, 6.45) is 3.86. The lowest BCUT2D eigenvalue weighted by Crippen LogP contribution is -2.34.